The summed E-state index contributed by atoms with van der Waals surface area (Å²) in [6.45, 7) is 2.63. The van der Waals surface area contributed by atoms with Gasteiger partial charge in [0, 0.05) is 50.1 Å². The monoisotopic (exact) mass is 480 g/mol. The lowest BCUT2D eigenvalue weighted by atomic mass is 9.95. The molecule has 1 saturated carbocycles. The van der Waals surface area contributed by atoms with Crippen molar-refractivity contribution in [2.45, 2.75) is 37.0 Å². The van der Waals surface area contributed by atoms with Crippen LogP contribution in [0.2, 0.25) is 5.15 Å². The van der Waals surface area contributed by atoms with E-state index in [2.05, 4.69) is 25.2 Å². The number of carbonyl (C=O) groups is 1. The number of pyridine rings is 1. The molecular formula is C21H23ClF2N6O3. The predicted octanol–water partition coefficient (Wildman–Crippen LogP) is 2.47. The third-order valence-corrected chi connectivity index (χ3v) is 7.88. The van der Waals surface area contributed by atoms with E-state index >= 15 is 0 Å². The molecule has 1 aliphatic carbocycles. The minimum Gasteiger partial charge on any atom is -0.465 e. The molecule has 3 aliphatic heterocycles. The van der Waals surface area contributed by atoms with Gasteiger partial charge < -0.3 is 20.1 Å². The Hall–Kier alpha value is -2.53. The summed E-state index contributed by atoms with van der Waals surface area (Å²) in [4.78, 5) is 27.8. The Balaban J connectivity index is 1.29. The fourth-order valence-corrected chi connectivity index (χ4v) is 6.15. The molecule has 0 spiro atoms. The molecule has 0 radical (unpaired) electrons. The summed E-state index contributed by atoms with van der Waals surface area (Å²) in [5.74, 6) is 0.0794. The zero-order chi connectivity index (χ0) is 22.9. The van der Waals surface area contributed by atoms with E-state index in [-0.39, 0.29) is 46.7 Å². The number of fused-ring (bicyclic) bond motifs is 3. The van der Waals surface area contributed by atoms with Crippen LogP contribution in [0.4, 0.5) is 19.4 Å². The molecule has 9 nitrogen and oxygen atoms in total. The molecule has 1 amide bonds. The van der Waals surface area contributed by atoms with Gasteiger partial charge >= 0.3 is 12.1 Å². The highest BCUT2D eigenvalue weighted by molar-refractivity contribution is 6.30. The second-order valence-corrected chi connectivity index (χ2v) is 9.89. The maximum atomic E-state index is 14.9. The molecule has 2 N–H and O–H groups in total. The molecule has 33 heavy (non-hydrogen) atoms. The van der Waals surface area contributed by atoms with Crippen LogP contribution in [0.15, 0.2) is 6.20 Å². The molecule has 3 saturated heterocycles. The number of piperidine rings is 1. The van der Waals surface area contributed by atoms with E-state index in [4.69, 9.17) is 21.4 Å². The summed E-state index contributed by atoms with van der Waals surface area (Å²) in [6, 6.07) is -0.0571. The minimum atomic E-state index is -1.03. The SMILES string of the molecule is O=C(O)N[C@H]1[C@@H]2CN(c3nc(OC[C@@]45CCCN4C[C@H](F)C5)nc4c(F)c(Cl)ncc34)C[C@@H]21. The van der Waals surface area contributed by atoms with Crippen molar-refractivity contribution >= 4 is 34.4 Å². The smallest absolute Gasteiger partial charge is 0.404 e. The fourth-order valence-electron chi connectivity index (χ4n) is 6.01. The zero-order valence-electron chi connectivity index (χ0n) is 17.7. The van der Waals surface area contributed by atoms with Crippen LogP contribution in [0.3, 0.4) is 0 Å². The van der Waals surface area contributed by atoms with Gasteiger partial charge in [-0.2, -0.15) is 9.97 Å². The van der Waals surface area contributed by atoms with Gasteiger partial charge in [0.2, 0.25) is 0 Å². The van der Waals surface area contributed by atoms with E-state index in [9.17, 15) is 13.6 Å². The number of aromatic nitrogens is 3. The number of halogens is 3. The second kappa shape index (κ2) is 7.49. The summed E-state index contributed by atoms with van der Waals surface area (Å²) < 4.78 is 34.9. The summed E-state index contributed by atoms with van der Waals surface area (Å²) in [5, 5.41) is 11.6. The van der Waals surface area contributed by atoms with Crippen molar-refractivity contribution in [3.05, 3.63) is 17.2 Å². The quantitative estimate of drug-likeness (QED) is 0.629. The first-order valence-corrected chi connectivity index (χ1v) is 11.5. The number of hydrogen-bond donors (Lipinski definition) is 2. The zero-order valence-corrected chi connectivity index (χ0v) is 18.4. The van der Waals surface area contributed by atoms with Gasteiger partial charge in [0.15, 0.2) is 11.0 Å². The van der Waals surface area contributed by atoms with E-state index in [0.717, 1.165) is 19.4 Å². The molecule has 4 fully saturated rings. The highest BCUT2D eigenvalue weighted by Crippen LogP contribution is 2.48. The molecule has 2 aromatic heterocycles. The number of alkyl halides is 1. The van der Waals surface area contributed by atoms with Crippen molar-refractivity contribution < 1.29 is 23.4 Å². The van der Waals surface area contributed by atoms with Crippen LogP contribution in [-0.4, -0.2) is 81.6 Å². The fraction of sp³-hybridized carbons (Fsp3) is 0.619. The van der Waals surface area contributed by atoms with Gasteiger partial charge in [-0.3, -0.25) is 4.90 Å². The third kappa shape index (κ3) is 3.43. The lowest BCUT2D eigenvalue weighted by molar-refractivity contribution is 0.107. The Morgan fingerprint density at radius 1 is 1.33 bits per heavy atom. The molecule has 0 bridgehead atoms. The summed E-state index contributed by atoms with van der Waals surface area (Å²) in [6.07, 6.45) is 1.76. The van der Waals surface area contributed by atoms with Gasteiger partial charge in [0.25, 0.3) is 0 Å². The Morgan fingerprint density at radius 3 is 2.88 bits per heavy atom. The highest BCUT2D eigenvalue weighted by Gasteiger charge is 2.57. The van der Waals surface area contributed by atoms with Crippen molar-refractivity contribution in [2.75, 3.05) is 37.7 Å². The Kier molecular flexibility index (Phi) is 4.77. The molecule has 5 heterocycles. The van der Waals surface area contributed by atoms with Gasteiger partial charge in [-0.15, -0.1) is 0 Å². The summed E-state index contributed by atoms with van der Waals surface area (Å²) in [7, 11) is 0. The van der Waals surface area contributed by atoms with Gasteiger partial charge in [-0.1, -0.05) is 11.6 Å². The maximum absolute atomic E-state index is 14.9. The Bertz CT molecular complexity index is 1130. The van der Waals surface area contributed by atoms with Gasteiger partial charge in [0.05, 0.1) is 10.9 Å². The lowest BCUT2D eigenvalue weighted by Crippen LogP contribution is -2.43. The Morgan fingerprint density at radius 2 is 2.12 bits per heavy atom. The number of carboxylic acid groups (broad SMARTS) is 1. The molecule has 5 atom stereocenters. The first-order chi connectivity index (χ1) is 15.8. The third-order valence-electron chi connectivity index (χ3n) is 7.62. The van der Waals surface area contributed by atoms with Crippen LogP contribution < -0.4 is 15.0 Å². The van der Waals surface area contributed by atoms with Crippen molar-refractivity contribution in [1.82, 2.24) is 25.2 Å². The number of ether oxygens (including phenoxy) is 1. The number of hydrogen-bond acceptors (Lipinski definition) is 7. The largest absolute Gasteiger partial charge is 0.465 e. The number of nitrogens with one attached hydrogen (secondary N) is 1. The standard InChI is InChI=1S/C21H23ClF2N6O3/c22-17-14(24)16-11(5-25-17)18(29-7-12-13(8-29)15(12)27-20(31)32)28-19(26-16)33-9-21-2-1-3-30(21)6-10(23)4-21/h5,10,12-13,15,27H,1-4,6-9H2,(H,31,32)/t10-,12-,13+,15+,21+/m1/s1. The average molecular weight is 481 g/mol. The number of amides is 1. The average Bonchev–Trinajstić information content (AvgIpc) is 3.13. The second-order valence-electron chi connectivity index (χ2n) is 9.53. The van der Waals surface area contributed by atoms with Crippen LogP contribution in [0, 0.1) is 17.7 Å². The molecule has 0 aromatic carbocycles. The lowest BCUT2D eigenvalue weighted by Gasteiger charge is -2.31. The highest BCUT2D eigenvalue weighted by atomic mass is 35.5. The number of rotatable bonds is 5. The van der Waals surface area contributed by atoms with Crippen LogP contribution in [0.5, 0.6) is 6.01 Å². The van der Waals surface area contributed by atoms with E-state index < -0.39 is 18.1 Å². The summed E-state index contributed by atoms with van der Waals surface area (Å²) in [5.41, 5.74) is -0.358. The van der Waals surface area contributed by atoms with E-state index in [1.54, 1.807) is 0 Å². The number of anilines is 1. The van der Waals surface area contributed by atoms with Crippen LogP contribution in [0.1, 0.15) is 19.3 Å². The molecular weight excluding hydrogens is 458 g/mol. The van der Waals surface area contributed by atoms with Crippen molar-refractivity contribution in [3.8, 4) is 6.01 Å². The first kappa shape index (κ1) is 21.0. The van der Waals surface area contributed by atoms with Gasteiger partial charge in [0.1, 0.15) is 24.1 Å². The number of nitrogens with zero attached hydrogens (tertiary/aromatic N) is 5. The van der Waals surface area contributed by atoms with Gasteiger partial charge in [-0.05, 0) is 19.4 Å². The van der Waals surface area contributed by atoms with Crippen LogP contribution in [0.25, 0.3) is 10.9 Å². The topological polar surface area (TPSA) is 104 Å². The van der Waals surface area contributed by atoms with Crippen LogP contribution in [-0.2, 0) is 0 Å². The van der Waals surface area contributed by atoms with E-state index in [1.165, 1.54) is 6.20 Å². The normalized spacial score (nSPS) is 32.8. The molecule has 2 aromatic rings. The summed E-state index contributed by atoms with van der Waals surface area (Å²) >= 11 is 5.91. The van der Waals surface area contributed by atoms with Crippen molar-refractivity contribution in [3.63, 3.8) is 0 Å². The maximum Gasteiger partial charge on any atom is 0.404 e. The van der Waals surface area contributed by atoms with Crippen molar-refractivity contribution in [1.29, 1.82) is 0 Å². The molecule has 12 heteroatoms. The first-order valence-electron chi connectivity index (χ1n) is 11.1. The van der Waals surface area contributed by atoms with E-state index in [0.29, 0.717) is 37.3 Å². The molecule has 6 rings (SSSR count). The Labute approximate surface area is 193 Å². The molecule has 0 unspecified atom stereocenters. The molecule has 176 valence electrons. The van der Waals surface area contributed by atoms with E-state index in [1.807, 2.05) is 4.90 Å². The molecule has 4 aliphatic rings. The van der Waals surface area contributed by atoms with Gasteiger partial charge in [-0.25, -0.2) is 18.6 Å². The predicted molar refractivity (Wildman–Crippen MR) is 115 cm³/mol. The minimum absolute atomic E-state index is 0.0167. The van der Waals surface area contributed by atoms with Crippen LogP contribution >= 0.6 is 11.6 Å². The van der Waals surface area contributed by atoms with Crippen molar-refractivity contribution in [2.24, 2.45) is 11.8 Å².